The highest BCUT2D eigenvalue weighted by Gasteiger charge is 2.13. The van der Waals surface area contributed by atoms with Gasteiger partial charge in [0.15, 0.2) is 0 Å². The molecule has 0 bridgehead atoms. The van der Waals surface area contributed by atoms with Crippen molar-refractivity contribution in [1.82, 2.24) is 5.32 Å². The zero-order chi connectivity index (χ0) is 15.5. The Morgan fingerprint density at radius 3 is 2.57 bits per heavy atom. The quantitative estimate of drug-likeness (QED) is 0.779. The maximum atomic E-state index is 6.15. The predicted molar refractivity (Wildman–Crippen MR) is 94.5 cm³/mol. The van der Waals surface area contributed by atoms with Gasteiger partial charge >= 0.3 is 0 Å². The lowest BCUT2D eigenvalue weighted by atomic mass is 10.1. The van der Waals surface area contributed by atoms with Crippen LogP contribution in [0.1, 0.15) is 12.0 Å². The molecule has 114 valence electrons. The molecule has 3 aromatic carbocycles. The van der Waals surface area contributed by atoms with Crippen molar-refractivity contribution in [3.63, 3.8) is 0 Å². The largest absolute Gasteiger partial charge is 0.457 e. The van der Waals surface area contributed by atoms with Gasteiger partial charge in [-0.15, -0.1) is 0 Å². The highest BCUT2D eigenvalue weighted by Crippen LogP contribution is 2.28. The van der Waals surface area contributed by atoms with E-state index in [0.717, 1.165) is 42.4 Å². The molecule has 3 aromatic rings. The normalized spacial score (nSPS) is 14.2. The molecule has 0 unspecified atom stereocenters. The summed E-state index contributed by atoms with van der Waals surface area (Å²) in [5, 5.41) is 5.75. The molecule has 0 fully saturated rings. The summed E-state index contributed by atoms with van der Waals surface area (Å²) in [6.07, 6.45) is 1.08. The third-order valence-electron chi connectivity index (χ3n) is 3.99. The topological polar surface area (TPSA) is 33.6 Å². The molecule has 0 atom stereocenters. The molecule has 0 saturated heterocycles. The van der Waals surface area contributed by atoms with Crippen molar-refractivity contribution in [3.8, 4) is 11.5 Å². The molecule has 0 aromatic heterocycles. The van der Waals surface area contributed by atoms with Gasteiger partial charge in [-0.3, -0.25) is 4.99 Å². The van der Waals surface area contributed by atoms with Gasteiger partial charge in [-0.2, -0.15) is 0 Å². The highest BCUT2D eigenvalue weighted by molar-refractivity contribution is 6.01. The van der Waals surface area contributed by atoms with Gasteiger partial charge in [0.2, 0.25) is 0 Å². The number of rotatable bonds is 3. The van der Waals surface area contributed by atoms with E-state index < -0.39 is 0 Å². The molecular formula is C20H18N2O. The van der Waals surface area contributed by atoms with Gasteiger partial charge in [-0.25, -0.2) is 0 Å². The number of para-hydroxylation sites is 1. The van der Waals surface area contributed by atoms with Crippen molar-refractivity contribution < 1.29 is 4.74 Å². The van der Waals surface area contributed by atoms with Gasteiger partial charge in [0.1, 0.15) is 17.3 Å². The van der Waals surface area contributed by atoms with Crippen LogP contribution in [0.2, 0.25) is 0 Å². The van der Waals surface area contributed by atoms with Gasteiger partial charge in [0, 0.05) is 13.1 Å². The second-order valence-electron chi connectivity index (χ2n) is 5.62. The van der Waals surface area contributed by atoms with Crippen molar-refractivity contribution in [3.05, 3.63) is 72.3 Å². The first-order valence-electron chi connectivity index (χ1n) is 7.94. The van der Waals surface area contributed by atoms with Crippen LogP contribution in [0.3, 0.4) is 0 Å². The third-order valence-corrected chi connectivity index (χ3v) is 3.99. The van der Waals surface area contributed by atoms with Crippen LogP contribution >= 0.6 is 0 Å². The Labute approximate surface area is 135 Å². The van der Waals surface area contributed by atoms with Crippen LogP contribution < -0.4 is 10.1 Å². The first-order valence-corrected chi connectivity index (χ1v) is 7.94. The Kier molecular flexibility index (Phi) is 3.68. The standard InChI is InChI=1S/C20H18N2O/c1-2-7-16-14-17(11-10-15(16)6-1)23-19-9-4-3-8-18(19)20-21-12-5-13-22-20/h1-4,6-11,14H,5,12-13H2,(H,21,22). The lowest BCUT2D eigenvalue weighted by Crippen LogP contribution is -2.30. The van der Waals surface area contributed by atoms with Crippen molar-refractivity contribution in [2.75, 3.05) is 13.1 Å². The highest BCUT2D eigenvalue weighted by atomic mass is 16.5. The molecule has 23 heavy (non-hydrogen) atoms. The summed E-state index contributed by atoms with van der Waals surface area (Å²) in [6.45, 7) is 1.83. The Bertz CT molecular complexity index is 870. The maximum absolute atomic E-state index is 6.15. The van der Waals surface area contributed by atoms with Gasteiger partial charge in [0.25, 0.3) is 0 Å². The van der Waals surface area contributed by atoms with E-state index in [1.54, 1.807) is 0 Å². The van der Waals surface area contributed by atoms with Crippen LogP contribution in [0.4, 0.5) is 0 Å². The Morgan fingerprint density at radius 1 is 0.870 bits per heavy atom. The zero-order valence-corrected chi connectivity index (χ0v) is 12.8. The van der Waals surface area contributed by atoms with E-state index in [1.807, 2.05) is 42.5 Å². The van der Waals surface area contributed by atoms with Crippen molar-refractivity contribution in [1.29, 1.82) is 0 Å². The molecule has 4 rings (SSSR count). The van der Waals surface area contributed by atoms with Crippen molar-refractivity contribution >= 4 is 16.6 Å². The average molecular weight is 302 g/mol. The monoisotopic (exact) mass is 302 g/mol. The molecule has 1 aliphatic heterocycles. The molecule has 0 spiro atoms. The Balaban J connectivity index is 1.69. The van der Waals surface area contributed by atoms with E-state index >= 15 is 0 Å². The Hall–Kier alpha value is -2.81. The smallest absolute Gasteiger partial charge is 0.138 e. The lowest BCUT2D eigenvalue weighted by Gasteiger charge is -2.17. The van der Waals surface area contributed by atoms with E-state index in [2.05, 4.69) is 34.6 Å². The number of hydrogen-bond acceptors (Lipinski definition) is 3. The number of amidine groups is 1. The van der Waals surface area contributed by atoms with Gasteiger partial charge in [0.05, 0.1) is 5.56 Å². The van der Waals surface area contributed by atoms with Gasteiger partial charge in [-0.05, 0) is 41.5 Å². The van der Waals surface area contributed by atoms with Crippen molar-refractivity contribution in [2.45, 2.75) is 6.42 Å². The molecule has 0 amide bonds. The molecular weight excluding hydrogens is 284 g/mol. The number of hydrogen-bond donors (Lipinski definition) is 1. The molecule has 1 aliphatic rings. The minimum Gasteiger partial charge on any atom is -0.457 e. The molecule has 0 radical (unpaired) electrons. The van der Waals surface area contributed by atoms with Crippen LogP contribution in [-0.4, -0.2) is 18.9 Å². The van der Waals surface area contributed by atoms with Gasteiger partial charge < -0.3 is 10.1 Å². The van der Waals surface area contributed by atoms with Gasteiger partial charge in [-0.1, -0.05) is 42.5 Å². The van der Waals surface area contributed by atoms with E-state index in [-0.39, 0.29) is 0 Å². The first kappa shape index (κ1) is 13.8. The number of aliphatic imine (C=N–C) groups is 1. The summed E-state index contributed by atoms with van der Waals surface area (Å²) in [6, 6.07) is 22.5. The lowest BCUT2D eigenvalue weighted by molar-refractivity contribution is 0.482. The van der Waals surface area contributed by atoms with E-state index in [9.17, 15) is 0 Å². The second kappa shape index (κ2) is 6.13. The summed E-state index contributed by atoms with van der Waals surface area (Å²) in [7, 11) is 0. The zero-order valence-electron chi connectivity index (χ0n) is 12.8. The fourth-order valence-electron chi connectivity index (χ4n) is 2.82. The van der Waals surface area contributed by atoms with Crippen LogP contribution in [0.15, 0.2) is 71.7 Å². The molecule has 0 aliphatic carbocycles. The number of benzene rings is 3. The number of ether oxygens (including phenoxy) is 1. The number of fused-ring (bicyclic) bond motifs is 1. The second-order valence-corrected chi connectivity index (χ2v) is 5.62. The number of nitrogens with one attached hydrogen (secondary N) is 1. The van der Waals surface area contributed by atoms with E-state index in [1.165, 1.54) is 10.8 Å². The summed E-state index contributed by atoms with van der Waals surface area (Å²) in [4.78, 5) is 4.58. The van der Waals surface area contributed by atoms with Crippen LogP contribution in [0, 0.1) is 0 Å². The average Bonchev–Trinajstić information content (AvgIpc) is 2.63. The summed E-state index contributed by atoms with van der Waals surface area (Å²) >= 11 is 0. The fourth-order valence-corrected chi connectivity index (χ4v) is 2.82. The maximum Gasteiger partial charge on any atom is 0.138 e. The molecule has 0 saturated carbocycles. The minimum absolute atomic E-state index is 0.830. The first-order chi connectivity index (χ1) is 11.4. The molecule has 1 heterocycles. The molecule has 1 N–H and O–H groups in total. The fraction of sp³-hybridized carbons (Fsp3) is 0.150. The summed E-state index contributed by atoms with van der Waals surface area (Å²) in [5.41, 5.74) is 1.01. The van der Waals surface area contributed by atoms with Crippen LogP contribution in [0.5, 0.6) is 11.5 Å². The van der Waals surface area contributed by atoms with Crippen LogP contribution in [-0.2, 0) is 0 Å². The molecule has 3 nitrogen and oxygen atoms in total. The molecule has 3 heteroatoms. The summed E-state index contributed by atoms with van der Waals surface area (Å²) < 4.78 is 6.15. The van der Waals surface area contributed by atoms with E-state index in [0.29, 0.717) is 0 Å². The van der Waals surface area contributed by atoms with Crippen molar-refractivity contribution in [2.24, 2.45) is 4.99 Å². The predicted octanol–water partition coefficient (Wildman–Crippen LogP) is 4.37. The third kappa shape index (κ3) is 2.90. The Morgan fingerprint density at radius 2 is 1.70 bits per heavy atom. The number of nitrogens with zero attached hydrogens (tertiary/aromatic N) is 1. The summed E-state index contributed by atoms with van der Waals surface area (Å²) in [5.74, 6) is 2.59. The van der Waals surface area contributed by atoms with Crippen LogP contribution in [0.25, 0.3) is 10.8 Å². The van der Waals surface area contributed by atoms with E-state index in [4.69, 9.17) is 4.74 Å². The minimum atomic E-state index is 0.830. The SMILES string of the molecule is c1ccc(C2=NCCCN2)c(Oc2ccc3ccccc3c2)c1.